The van der Waals surface area contributed by atoms with Crippen LogP contribution < -0.4 is 52.8 Å². The SMILES string of the molecule is CC1=C(C)C(C)([Si](c2ccccc2)(c2ccc(C)cc2C)c2ccc(C)cc2C)[C]([Ti+3])=C1C.[Cl-].[Cl-].[Cl-]. The Labute approximate surface area is 249 Å². The fraction of sp³-hybridized carbons (Fsp3) is 0.290. The minimum absolute atomic E-state index is 0. The molecule has 0 aliphatic heterocycles. The van der Waals surface area contributed by atoms with E-state index in [9.17, 15) is 0 Å². The van der Waals surface area contributed by atoms with Crippen molar-refractivity contribution in [1.82, 2.24) is 0 Å². The van der Waals surface area contributed by atoms with E-state index in [0.29, 0.717) is 0 Å². The molecule has 0 aromatic heterocycles. The van der Waals surface area contributed by atoms with Crippen LogP contribution in [-0.2, 0) is 20.4 Å². The summed E-state index contributed by atoms with van der Waals surface area (Å²) in [6.07, 6.45) is 0. The number of halogens is 3. The summed E-state index contributed by atoms with van der Waals surface area (Å²) in [5.41, 5.74) is 9.96. The van der Waals surface area contributed by atoms with Gasteiger partial charge in [0.25, 0.3) is 0 Å². The molecule has 0 saturated carbocycles. The summed E-state index contributed by atoms with van der Waals surface area (Å²) in [5, 5.41) is 4.51. The van der Waals surface area contributed by atoms with Crippen molar-refractivity contribution >= 4 is 23.6 Å². The van der Waals surface area contributed by atoms with Gasteiger partial charge in [0.1, 0.15) is 0 Å². The van der Waals surface area contributed by atoms with Crippen LogP contribution in [0.15, 0.2) is 87.3 Å². The van der Waals surface area contributed by atoms with Gasteiger partial charge in [-0.2, -0.15) is 0 Å². The smallest absolute Gasteiger partial charge is 1.00 e. The molecular formula is C31H35Cl3SiTi. The monoisotopic (exact) mass is 588 g/mol. The second-order valence-corrected chi connectivity index (χ2v) is 15.1. The summed E-state index contributed by atoms with van der Waals surface area (Å²) in [4.78, 5) is 0. The zero-order valence-electron chi connectivity index (χ0n) is 22.5. The summed E-state index contributed by atoms with van der Waals surface area (Å²) in [6.45, 7) is 18.7. The molecule has 0 amide bonds. The molecule has 1 aliphatic carbocycles. The summed E-state index contributed by atoms with van der Waals surface area (Å²) in [5.74, 6) is 0. The second kappa shape index (κ2) is 12.2. The van der Waals surface area contributed by atoms with E-state index in [1.54, 1.807) is 0 Å². The van der Waals surface area contributed by atoms with Crippen molar-refractivity contribution in [2.24, 2.45) is 0 Å². The molecule has 0 N–H and O–H groups in total. The predicted octanol–water partition coefficient (Wildman–Crippen LogP) is -2.67. The Morgan fingerprint density at radius 2 is 1.06 bits per heavy atom. The minimum Gasteiger partial charge on any atom is -1.00 e. The molecule has 1 unspecified atom stereocenters. The fourth-order valence-electron chi connectivity index (χ4n) is 6.32. The van der Waals surface area contributed by atoms with Gasteiger partial charge in [0, 0.05) is 0 Å². The summed E-state index contributed by atoms with van der Waals surface area (Å²) >= 11 is 2.40. The van der Waals surface area contributed by atoms with Crippen LogP contribution in [0.1, 0.15) is 49.9 Å². The number of hydrogen-bond acceptors (Lipinski definition) is 0. The summed E-state index contributed by atoms with van der Waals surface area (Å²) < 4.78 is 1.54. The fourth-order valence-corrected chi connectivity index (χ4v) is 14.3. The van der Waals surface area contributed by atoms with Crippen molar-refractivity contribution in [3.63, 3.8) is 0 Å². The standard InChI is InChI=1S/C31H35Si.3ClH.Ti/c1-21-14-16-29(23(3)18-21)32(28-12-10-9-11-13-28,30-17-15-22(2)19-24(30)4)31(8)20-25(5)26(6)27(31)7;;;;/h9-19H,1-8H3;3*1H;/q;;;;+3/p-3. The van der Waals surface area contributed by atoms with E-state index in [0.717, 1.165) is 0 Å². The molecule has 0 radical (unpaired) electrons. The van der Waals surface area contributed by atoms with Crippen LogP contribution in [0.5, 0.6) is 0 Å². The van der Waals surface area contributed by atoms with E-state index < -0.39 is 8.07 Å². The molecule has 0 saturated heterocycles. The van der Waals surface area contributed by atoms with Crippen LogP contribution >= 0.6 is 0 Å². The molecular weight excluding hydrogens is 555 g/mol. The first-order valence-electron chi connectivity index (χ1n) is 11.9. The third-order valence-corrected chi connectivity index (χ3v) is 16.1. The van der Waals surface area contributed by atoms with Crippen LogP contribution in [-0.4, -0.2) is 8.07 Å². The molecule has 5 heteroatoms. The van der Waals surface area contributed by atoms with Crippen LogP contribution in [0.2, 0.25) is 5.04 Å². The van der Waals surface area contributed by atoms with Gasteiger partial charge in [-0.3, -0.25) is 0 Å². The molecule has 1 aliphatic rings. The van der Waals surface area contributed by atoms with Crippen molar-refractivity contribution < 1.29 is 57.7 Å². The summed E-state index contributed by atoms with van der Waals surface area (Å²) in [6, 6.07) is 25.8. The van der Waals surface area contributed by atoms with Crippen LogP contribution in [0.3, 0.4) is 0 Å². The number of aryl methyl sites for hydroxylation is 4. The van der Waals surface area contributed by atoms with Crippen molar-refractivity contribution in [1.29, 1.82) is 0 Å². The molecule has 4 rings (SSSR count). The maximum absolute atomic E-state index is 2.58. The third kappa shape index (κ3) is 4.77. The third-order valence-electron chi connectivity index (χ3n) is 8.28. The Morgan fingerprint density at radius 1 is 0.611 bits per heavy atom. The van der Waals surface area contributed by atoms with E-state index >= 15 is 0 Å². The average molecular weight is 590 g/mol. The van der Waals surface area contributed by atoms with Crippen LogP contribution in [0.25, 0.3) is 0 Å². The largest absolute Gasteiger partial charge is 1.00 e. The number of rotatable bonds is 4. The molecule has 3 aromatic carbocycles. The first-order valence-corrected chi connectivity index (χ1v) is 14.7. The van der Waals surface area contributed by atoms with E-state index in [1.165, 1.54) is 58.4 Å². The van der Waals surface area contributed by atoms with Gasteiger partial charge in [-0.25, -0.2) is 0 Å². The van der Waals surface area contributed by atoms with E-state index in [4.69, 9.17) is 0 Å². The van der Waals surface area contributed by atoms with Gasteiger partial charge in [-0.15, -0.1) is 0 Å². The van der Waals surface area contributed by atoms with Crippen molar-refractivity contribution in [2.45, 2.75) is 60.4 Å². The Balaban J connectivity index is 0.00000216. The number of hydrogen-bond donors (Lipinski definition) is 0. The second-order valence-electron chi connectivity index (χ2n) is 10.1. The molecule has 0 bridgehead atoms. The van der Waals surface area contributed by atoms with Gasteiger partial charge < -0.3 is 37.2 Å². The van der Waals surface area contributed by atoms with Crippen LogP contribution in [0, 0.1) is 27.7 Å². The minimum atomic E-state index is -2.58. The predicted molar refractivity (Wildman–Crippen MR) is 142 cm³/mol. The topological polar surface area (TPSA) is 0 Å². The Morgan fingerprint density at radius 3 is 1.42 bits per heavy atom. The molecule has 188 valence electrons. The molecule has 3 aromatic rings. The van der Waals surface area contributed by atoms with Gasteiger partial charge in [-0.1, -0.05) is 0 Å². The Hall–Kier alpha value is -1.06. The maximum atomic E-state index is 2.55. The Bertz CT molecular complexity index is 1230. The number of allylic oxidation sites excluding steroid dienone is 4. The first-order chi connectivity index (χ1) is 15.6. The summed E-state index contributed by atoms with van der Waals surface area (Å²) in [7, 11) is -2.58. The zero-order chi connectivity index (χ0) is 24.1. The van der Waals surface area contributed by atoms with Gasteiger partial charge in [-0.05, 0) is 0 Å². The normalized spacial score (nSPS) is 17.4. The van der Waals surface area contributed by atoms with Crippen LogP contribution in [0.4, 0.5) is 0 Å². The van der Waals surface area contributed by atoms with Crippen molar-refractivity contribution in [2.75, 3.05) is 0 Å². The maximum Gasteiger partial charge on any atom is -1.00 e. The van der Waals surface area contributed by atoms with E-state index in [1.807, 2.05) is 0 Å². The van der Waals surface area contributed by atoms with Gasteiger partial charge in [0.15, 0.2) is 0 Å². The quantitative estimate of drug-likeness (QED) is 0.230. The molecule has 0 fully saturated rings. The average Bonchev–Trinajstić information content (AvgIpc) is 2.93. The molecule has 0 spiro atoms. The van der Waals surface area contributed by atoms with Gasteiger partial charge in [0.05, 0.1) is 0 Å². The van der Waals surface area contributed by atoms with E-state index in [-0.39, 0.29) is 42.3 Å². The zero-order valence-corrected chi connectivity index (χ0v) is 27.3. The number of benzene rings is 3. The van der Waals surface area contributed by atoms with E-state index in [2.05, 4.69) is 143 Å². The van der Waals surface area contributed by atoms with Crippen molar-refractivity contribution in [3.05, 3.63) is 110 Å². The van der Waals surface area contributed by atoms with Crippen molar-refractivity contribution in [3.8, 4) is 0 Å². The van der Waals surface area contributed by atoms with Gasteiger partial charge in [0.2, 0.25) is 0 Å². The molecule has 0 heterocycles. The molecule has 1 atom stereocenters. The van der Waals surface area contributed by atoms with Gasteiger partial charge >= 0.3 is 214 Å². The first kappa shape index (κ1) is 33.0. The Kier molecular flexibility index (Phi) is 11.2. The molecule has 0 nitrogen and oxygen atoms in total. The molecule has 36 heavy (non-hydrogen) atoms.